The molecule has 314 valence electrons. The van der Waals surface area contributed by atoms with Gasteiger partial charge in [-0.1, -0.05) is 226 Å². The lowest BCUT2D eigenvalue weighted by atomic mass is 9.93. The fraction of sp³-hybridized carbons (Fsp3) is 0.200. The van der Waals surface area contributed by atoms with Gasteiger partial charge in [-0.3, -0.25) is 0 Å². The van der Waals surface area contributed by atoms with Crippen LogP contribution in [0.3, 0.4) is 0 Å². The van der Waals surface area contributed by atoms with E-state index in [0.717, 1.165) is 0 Å². The lowest BCUT2D eigenvalue weighted by molar-refractivity contribution is 0.0625. The van der Waals surface area contributed by atoms with E-state index in [1.807, 2.05) is 0 Å². The summed E-state index contributed by atoms with van der Waals surface area (Å²) in [5.74, 6) is 0. The summed E-state index contributed by atoms with van der Waals surface area (Å²) in [6.45, 7) is 35.6. The molecule has 0 unspecified atom stereocenters. The number of benzene rings is 6. The molecule has 0 radical (unpaired) electrons. The zero-order valence-electron chi connectivity index (χ0n) is 37.8. The topological polar surface area (TPSA) is 18.5 Å². The van der Waals surface area contributed by atoms with Crippen LogP contribution in [0.15, 0.2) is 231 Å². The van der Waals surface area contributed by atoms with Gasteiger partial charge in [0.05, 0.1) is 18.9 Å². The molecule has 0 bridgehead atoms. The summed E-state index contributed by atoms with van der Waals surface area (Å²) in [5.41, 5.74) is 8.19. The van der Waals surface area contributed by atoms with Gasteiger partial charge in [0.2, 0.25) is 0 Å². The molecule has 0 aromatic heterocycles. The van der Waals surface area contributed by atoms with Crippen LogP contribution in [0.4, 0.5) is 0 Å². The highest BCUT2D eigenvalue weighted by Gasteiger charge is 2.55. The maximum absolute atomic E-state index is 7.52. The largest absolute Gasteiger partial charge is 0.401 e. The van der Waals surface area contributed by atoms with Crippen LogP contribution < -0.4 is 31.1 Å². The highest BCUT2D eigenvalue weighted by atomic mass is 28.4. The molecule has 0 amide bonds. The average Bonchev–Trinajstić information content (AvgIpc) is 3.29. The molecule has 6 rings (SSSR count). The summed E-state index contributed by atoms with van der Waals surface area (Å²) < 4.78 is 14.7. The van der Waals surface area contributed by atoms with E-state index in [4.69, 9.17) is 8.85 Å². The zero-order chi connectivity index (χ0) is 44.4. The van der Waals surface area contributed by atoms with Gasteiger partial charge in [0.25, 0.3) is 16.6 Å². The van der Waals surface area contributed by atoms with Gasteiger partial charge in [-0.05, 0) is 63.9 Å². The van der Waals surface area contributed by atoms with Gasteiger partial charge in [-0.15, -0.1) is 32.0 Å². The number of rotatable bonds is 17. The third kappa shape index (κ3) is 9.17. The zero-order valence-corrected chi connectivity index (χ0v) is 41.8. The Kier molecular flexibility index (Phi) is 15.0. The Morgan fingerprint density at radius 3 is 0.869 bits per heavy atom. The molecule has 0 aliphatic heterocycles. The molecular formula is C55H66O2Si4. The maximum atomic E-state index is 7.52. The lowest BCUT2D eigenvalue weighted by Gasteiger charge is -2.52. The highest BCUT2D eigenvalue weighted by molar-refractivity contribution is 7.09. The third-order valence-electron chi connectivity index (χ3n) is 13.6. The summed E-state index contributed by atoms with van der Waals surface area (Å²) >= 11 is 0. The molecule has 6 aromatic carbocycles. The van der Waals surface area contributed by atoms with E-state index in [9.17, 15) is 0 Å². The maximum Gasteiger partial charge on any atom is 0.280 e. The van der Waals surface area contributed by atoms with Gasteiger partial charge < -0.3 is 8.85 Å². The minimum atomic E-state index is -2.80. The summed E-state index contributed by atoms with van der Waals surface area (Å²) in [4.78, 5) is 0. The minimum Gasteiger partial charge on any atom is -0.401 e. The number of hydrogen-bond donors (Lipinski definition) is 0. The van der Waals surface area contributed by atoms with Crippen molar-refractivity contribution in [3.8, 4) is 0 Å². The fourth-order valence-electron chi connectivity index (χ4n) is 8.66. The first kappa shape index (κ1) is 47.1. The Labute approximate surface area is 372 Å². The first-order valence-electron chi connectivity index (χ1n) is 21.3. The molecule has 0 heterocycles. The van der Waals surface area contributed by atoms with E-state index in [2.05, 4.69) is 286 Å². The molecule has 0 spiro atoms. The smallest absolute Gasteiger partial charge is 0.280 e. The molecule has 0 aliphatic rings. The summed E-state index contributed by atoms with van der Waals surface area (Å²) in [6.07, 6.45) is 0. The van der Waals surface area contributed by atoms with Crippen LogP contribution in [0.5, 0.6) is 0 Å². The van der Waals surface area contributed by atoms with E-state index in [-0.39, 0.29) is 10.6 Å². The van der Waals surface area contributed by atoms with Crippen molar-refractivity contribution in [1.82, 2.24) is 0 Å². The highest BCUT2D eigenvalue weighted by Crippen LogP contribution is 2.50. The van der Waals surface area contributed by atoms with Crippen LogP contribution in [-0.4, -0.2) is 43.6 Å². The van der Waals surface area contributed by atoms with Crippen LogP contribution in [0.25, 0.3) is 0 Å². The van der Waals surface area contributed by atoms with E-state index in [0.29, 0.717) is 0 Å². The van der Waals surface area contributed by atoms with Crippen molar-refractivity contribution in [2.24, 2.45) is 0 Å². The average molecular weight is 871 g/mol. The molecule has 6 aromatic rings. The Hall–Kier alpha value is -4.93. The second-order valence-corrected chi connectivity index (χ2v) is 33.8. The van der Waals surface area contributed by atoms with Gasteiger partial charge >= 0.3 is 0 Å². The quantitative estimate of drug-likeness (QED) is 0.0851. The molecule has 61 heavy (non-hydrogen) atoms. The normalized spacial score (nSPS) is 12.7. The Morgan fingerprint density at radius 1 is 0.361 bits per heavy atom. The van der Waals surface area contributed by atoms with Gasteiger partial charge in [-0.25, -0.2) is 0 Å². The molecule has 0 N–H and O–H groups in total. The molecule has 0 saturated heterocycles. The minimum absolute atomic E-state index is 0.00737. The van der Waals surface area contributed by atoms with Crippen molar-refractivity contribution in [1.29, 1.82) is 0 Å². The molecule has 0 aliphatic carbocycles. The predicted molar refractivity (Wildman–Crippen MR) is 276 cm³/mol. The van der Waals surface area contributed by atoms with Gasteiger partial charge in [0, 0.05) is 0 Å². The number of hydrogen-bond acceptors (Lipinski definition) is 2. The van der Waals surface area contributed by atoms with E-state index in [1.54, 1.807) is 0 Å². The molecular weight excluding hydrogens is 805 g/mol. The molecule has 0 fully saturated rings. The van der Waals surface area contributed by atoms with Gasteiger partial charge in [0.15, 0.2) is 8.07 Å². The van der Waals surface area contributed by atoms with Crippen molar-refractivity contribution in [2.45, 2.75) is 70.5 Å². The monoisotopic (exact) mass is 870 g/mol. The van der Waals surface area contributed by atoms with Crippen LogP contribution in [0.2, 0.25) is 18.1 Å². The standard InChI is InChI=1S/C31H32OSi2.C24H34OSi2/c1-5-33(27-19-11-7-12-20-27,28-21-13-8-14-22-28)31(3,4)32-34(6-2,29-23-15-9-16-24-29)30-25-17-10-18-26-30;1-9-26(7,8)24(5,6)23(3,4)25-27(10-2,21-17-13-11-14-18-21)22-19-15-12-16-20-22/h5-26H,1-2H2,3-4H3;9-20H,1-2H2,3-8H3. The second-order valence-electron chi connectivity index (χ2n) is 17.9. The van der Waals surface area contributed by atoms with Gasteiger partial charge in [-0.2, -0.15) is 0 Å². The van der Waals surface area contributed by atoms with Crippen molar-refractivity contribution in [2.75, 3.05) is 0 Å². The van der Waals surface area contributed by atoms with Crippen molar-refractivity contribution >= 4 is 63.9 Å². The lowest BCUT2D eigenvalue weighted by Crippen LogP contribution is -2.75. The van der Waals surface area contributed by atoms with Crippen LogP contribution >= 0.6 is 0 Å². The molecule has 0 saturated carbocycles. The summed E-state index contributed by atoms with van der Waals surface area (Å²) in [6, 6.07) is 63.9. The summed E-state index contributed by atoms with van der Waals surface area (Å²) in [7, 11) is -9.75. The van der Waals surface area contributed by atoms with E-state index < -0.39 is 38.0 Å². The van der Waals surface area contributed by atoms with Crippen LogP contribution in [0.1, 0.15) is 41.5 Å². The Balaban J connectivity index is 0.000000238. The van der Waals surface area contributed by atoms with E-state index >= 15 is 0 Å². The predicted octanol–water partition coefficient (Wildman–Crippen LogP) is 10.3. The first-order chi connectivity index (χ1) is 29.0. The van der Waals surface area contributed by atoms with Crippen molar-refractivity contribution < 1.29 is 8.85 Å². The second kappa shape index (κ2) is 19.4. The summed E-state index contributed by atoms with van der Waals surface area (Å²) in [5, 5.41) is 6.88. The van der Waals surface area contributed by atoms with Crippen LogP contribution in [0, 0.1) is 0 Å². The first-order valence-corrected chi connectivity index (χ1v) is 30.4. The third-order valence-corrected chi connectivity index (χ3v) is 31.3. The molecule has 6 heteroatoms. The van der Waals surface area contributed by atoms with Crippen LogP contribution in [-0.2, 0) is 8.85 Å². The SMILES string of the molecule is C=C[Si](OC(C)(C)C(C)(C)[Si](C)(C)C=C)(c1ccccc1)c1ccccc1.C=C[Si](OC(C)(C)[Si](C=C)(c1ccccc1)c1ccccc1)(c1ccccc1)c1ccccc1. The fourth-order valence-corrected chi connectivity index (χ4v) is 23.0. The molecule has 0 atom stereocenters. The Morgan fingerprint density at radius 2 is 0.623 bits per heavy atom. The van der Waals surface area contributed by atoms with Crippen molar-refractivity contribution in [3.63, 3.8) is 0 Å². The van der Waals surface area contributed by atoms with Crippen molar-refractivity contribution in [3.05, 3.63) is 231 Å². The van der Waals surface area contributed by atoms with E-state index in [1.165, 1.54) is 31.1 Å². The Bertz CT molecular complexity index is 2210. The molecule has 2 nitrogen and oxygen atoms in total. The van der Waals surface area contributed by atoms with Gasteiger partial charge in [0.1, 0.15) is 0 Å².